The van der Waals surface area contributed by atoms with Crippen molar-refractivity contribution in [2.45, 2.75) is 0 Å². The molecule has 0 aromatic carbocycles. The Hall–Kier alpha value is -2.24. The van der Waals surface area contributed by atoms with Gasteiger partial charge in [-0.3, -0.25) is 33.9 Å². The average molecular weight is 349 g/mol. The Morgan fingerprint density at radius 2 is 0.917 bits per heavy atom. The predicted molar refractivity (Wildman–Crippen MR) is 80.9 cm³/mol. The molecule has 0 amide bonds. The Morgan fingerprint density at radius 3 is 1.33 bits per heavy atom. The van der Waals surface area contributed by atoms with E-state index < -0.39 is 37.0 Å². The Labute approximate surface area is 138 Å². The summed E-state index contributed by atoms with van der Waals surface area (Å²) in [7, 11) is 1.58. The van der Waals surface area contributed by atoms with E-state index in [-0.39, 0.29) is 32.7 Å². The van der Waals surface area contributed by atoms with Crippen molar-refractivity contribution in [1.29, 1.82) is 0 Å². The molecule has 0 aliphatic rings. The number of nitrogens with zero attached hydrogens (tertiary/aromatic N) is 3. The maximum absolute atomic E-state index is 10.9. The van der Waals surface area contributed by atoms with Crippen LogP contribution in [-0.4, -0.2) is 118 Å². The van der Waals surface area contributed by atoms with Crippen LogP contribution in [0, 0.1) is 0 Å². The lowest BCUT2D eigenvalue weighted by atomic mass is 10.3. The number of carbonyl (C=O) groups is 4. The normalized spacial score (nSPS) is 11.2. The summed E-state index contributed by atoms with van der Waals surface area (Å²) in [6.45, 7) is -0.665. The molecule has 0 aromatic rings. The van der Waals surface area contributed by atoms with E-state index in [2.05, 4.69) is 0 Å². The molecular formula is C13H23N3O8. The van der Waals surface area contributed by atoms with Crippen molar-refractivity contribution in [3.05, 3.63) is 0 Å². The summed E-state index contributed by atoms with van der Waals surface area (Å²) in [5.41, 5.74) is 0. The predicted octanol–water partition coefficient (Wildman–Crippen LogP) is -2.14. The summed E-state index contributed by atoms with van der Waals surface area (Å²) in [5.74, 6) is -4.44. The quantitative estimate of drug-likeness (QED) is 0.271. The van der Waals surface area contributed by atoms with Gasteiger partial charge in [0.05, 0.1) is 26.2 Å². The first-order chi connectivity index (χ1) is 11.1. The second-order valence-electron chi connectivity index (χ2n) is 5.30. The van der Waals surface area contributed by atoms with Crippen molar-refractivity contribution in [2.24, 2.45) is 0 Å². The van der Waals surface area contributed by atoms with E-state index in [1.165, 1.54) is 14.7 Å². The van der Waals surface area contributed by atoms with E-state index in [0.29, 0.717) is 6.54 Å². The SMILES string of the molecule is CN(CCN(CCN(CC(=O)O)CC(=O)O)CC(=O)O)CC(=O)O. The lowest BCUT2D eigenvalue weighted by molar-refractivity contribution is -0.143. The highest BCUT2D eigenvalue weighted by molar-refractivity contribution is 5.72. The van der Waals surface area contributed by atoms with Gasteiger partial charge >= 0.3 is 23.9 Å². The van der Waals surface area contributed by atoms with Crippen LogP contribution >= 0.6 is 0 Å². The highest BCUT2D eigenvalue weighted by atomic mass is 16.4. The molecule has 0 rings (SSSR count). The number of aliphatic carboxylic acids is 4. The van der Waals surface area contributed by atoms with Crippen molar-refractivity contribution in [3.63, 3.8) is 0 Å². The van der Waals surface area contributed by atoms with Gasteiger partial charge in [0.15, 0.2) is 0 Å². The van der Waals surface area contributed by atoms with Crippen molar-refractivity contribution in [1.82, 2.24) is 14.7 Å². The molecule has 0 aliphatic carbocycles. The van der Waals surface area contributed by atoms with Crippen molar-refractivity contribution < 1.29 is 39.6 Å². The monoisotopic (exact) mass is 349 g/mol. The first-order valence-electron chi connectivity index (χ1n) is 7.10. The summed E-state index contributed by atoms with van der Waals surface area (Å²) in [6.07, 6.45) is 0. The van der Waals surface area contributed by atoms with Crippen molar-refractivity contribution >= 4 is 23.9 Å². The Morgan fingerprint density at radius 1 is 0.583 bits per heavy atom. The largest absolute Gasteiger partial charge is 0.480 e. The summed E-state index contributed by atoms with van der Waals surface area (Å²) in [4.78, 5) is 47.1. The highest BCUT2D eigenvalue weighted by Gasteiger charge is 2.17. The van der Waals surface area contributed by atoms with Crippen LogP contribution in [-0.2, 0) is 19.2 Å². The Kier molecular flexibility index (Phi) is 10.3. The van der Waals surface area contributed by atoms with Gasteiger partial charge in [-0.1, -0.05) is 0 Å². The van der Waals surface area contributed by atoms with Gasteiger partial charge in [0.25, 0.3) is 0 Å². The zero-order chi connectivity index (χ0) is 18.7. The number of hydrogen-bond acceptors (Lipinski definition) is 7. The van der Waals surface area contributed by atoms with Crippen LogP contribution in [0.3, 0.4) is 0 Å². The van der Waals surface area contributed by atoms with E-state index in [1.54, 1.807) is 7.05 Å². The molecule has 11 nitrogen and oxygen atoms in total. The molecule has 0 saturated heterocycles. The van der Waals surface area contributed by atoms with E-state index in [1.807, 2.05) is 0 Å². The molecule has 11 heteroatoms. The van der Waals surface area contributed by atoms with E-state index in [4.69, 9.17) is 20.4 Å². The maximum Gasteiger partial charge on any atom is 0.317 e. The Balaban J connectivity index is 4.56. The molecule has 24 heavy (non-hydrogen) atoms. The molecule has 0 fully saturated rings. The van der Waals surface area contributed by atoms with Crippen LogP contribution in [0.25, 0.3) is 0 Å². The summed E-state index contributed by atoms with van der Waals surface area (Å²) >= 11 is 0. The van der Waals surface area contributed by atoms with Crippen LogP contribution in [0.4, 0.5) is 0 Å². The third-order valence-corrected chi connectivity index (χ3v) is 3.01. The molecule has 0 heterocycles. The molecule has 0 aromatic heterocycles. The molecule has 0 atom stereocenters. The molecule has 0 aliphatic heterocycles. The first kappa shape index (κ1) is 21.8. The minimum atomic E-state index is -1.18. The maximum atomic E-state index is 10.9. The van der Waals surface area contributed by atoms with Gasteiger partial charge in [0.1, 0.15) is 0 Å². The average Bonchev–Trinajstić information content (AvgIpc) is 2.39. The summed E-state index contributed by atoms with van der Waals surface area (Å²) in [6, 6.07) is 0. The fraction of sp³-hybridized carbons (Fsp3) is 0.692. The van der Waals surface area contributed by atoms with Gasteiger partial charge in [-0.25, -0.2) is 0 Å². The molecule has 4 N–H and O–H groups in total. The lowest BCUT2D eigenvalue weighted by Gasteiger charge is -2.26. The second-order valence-corrected chi connectivity index (χ2v) is 5.30. The van der Waals surface area contributed by atoms with Gasteiger partial charge in [-0.15, -0.1) is 0 Å². The number of hydrogen-bond donors (Lipinski definition) is 4. The number of likely N-dealkylation sites (N-methyl/N-ethyl adjacent to an activating group) is 1. The third-order valence-electron chi connectivity index (χ3n) is 3.01. The zero-order valence-electron chi connectivity index (χ0n) is 13.4. The van der Waals surface area contributed by atoms with Crippen LogP contribution in [0.2, 0.25) is 0 Å². The van der Waals surface area contributed by atoms with Crippen molar-refractivity contribution in [3.8, 4) is 0 Å². The number of carboxylic acid groups (broad SMARTS) is 4. The van der Waals surface area contributed by atoms with E-state index in [9.17, 15) is 19.2 Å². The molecular weight excluding hydrogens is 326 g/mol. The van der Waals surface area contributed by atoms with Crippen LogP contribution in [0.15, 0.2) is 0 Å². The fourth-order valence-electron chi connectivity index (χ4n) is 1.96. The van der Waals surface area contributed by atoms with Gasteiger partial charge in [-0.2, -0.15) is 0 Å². The number of rotatable bonds is 14. The lowest BCUT2D eigenvalue weighted by Crippen LogP contribution is -2.44. The van der Waals surface area contributed by atoms with Crippen LogP contribution < -0.4 is 0 Å². The summed E-state index contributed by atoms with van der Waals surface area (Å²) < 4.78 is 0. The standard InChI is InChI=1S/C13H23N3O8/c1-14(6-10(17)18)2-3-15(7-11(19)20)4-5-16(8-12(21)22)9-13(23)24/h2-9H2,1H3,(H,17,18)(H,19,20)(H,21,22)(H,23,24). The molecule has 0 saturated carbocycles. The topological polar surface area (TPSA) is 159 Å². The molecule has 0 radical (unpaired) electrons. The summed E-state index contributed by atoms with van der Waals surface area (Å²) in [5, 5.41) is 35.1. The number of carboxylic acids is 4. The van der Waals surface area contributed by atoms with Gasteiger partial charge in [0.2, 0.25) is 0 Å². The van der Waals surface area contributed by atoms with E-state index >= 15 is 0 Å². The molecule has 138 valence electrons. The minimum absolute atomic E-state index is 0.0640. The second kappa shape index (κ2) is 11.3. The smallest absolute Gasteiger partial charge is 0.317 e. The van der Waals surface area contributed by atoms with Gasteiger partial charge in [0, 0.05) is 26.2 Å². The van der Waals surface area contributed by atoms with Gasteiger partial charge in [-0.05, 0) is 7.05 Å². The zero-order valence-corrected chi connectivity index (χ0v) is 13.4. The minimum Gasteiger partial charge on any atom is -0.480 e. The van der Waals surface area contributed by atoms with Gasteiger partial charge < -0.3 is 20.4 Å². The highest BCUT2D eigenvalue weighted by Crippen LogP contribution is 1.95. The molecule has 0 bridgehead atoms. The van der Waals surface area contributed by atoms with Crippen LogP contribution in [0.1, 0.15) is 0 Å². The van der Waals surface area contributed by atoms with Crippen molar-refractivity contribution in [2.75, 3.05) is 59.4 Å². The molecule has 0 unspecified atom stereocenters. The molecule has 0 spiro atoms. The van der Waals surface area contributed by atoms with E-state index in [0.717, 1.165) is 0 Å². The first-order valence-corrected chi connectivity index (χ1v) is 7.10. The van der Waals surface area contributed by atoms with Crippen LogP contribution in [0.5, 0.6) is 0 Å². The fourth-order valence-corrected chi connectivity index (χ4v) is 1.96. The Bertz CT molecular complexity index is 440. The third kappa shape index (κ3) is 12.3.